The summed E-state index contributed by atoms with van der Waals surface area (Å²) in [5.74, 6) is 0.370. The molecule has 1 fully saturated rings. The molecule has 1 atom stereocenters. The quantitative estimate of drug-likeness (QED) is 0.677. The Morgan fingerprint density at radius 3 is 2.44 bits per heavy atom. The maximum atomic E-state index is 11.8. The van der Waals surface area contributed by atoms with Gasteiger partial charge < -0.3 is 4.74 Å². The molecule has 1 rings (SSSR count). The molecule has 0 bridgehead atoms. The summed E-state index contributed by atoms with van der Waals surface area (Å²) < 4.78 is 5.00. The van der Waals surface area contributed by atoms with E-state index in [2.05, 4.69) is 0 Å². The summed E-state index contributed by atoms with van der Waals surface area (Å²) >= 11 is 0. The molecule has 0 aromatic rings. The molecular weight excluding hydrogens is 204 g/mol. The highest BCUT2D eigenvalue weighted by Gasteiger charge is 2.21. The molecule has 1 saturated carbocycles. The van der Waals surface area contributed by atoms with Crippen molar-refractivity contribution in [3.05, 3.63) is 0 Å². The Morgan fingerprint density at radius 2 is 1.88 bits per heavy atom. The van der Waals surface area contributed by atoms with Crippen LogP contribution in [0.15, 0.2) is 0 Å². The average molecular weight is 226 g/mol. The maximum Gasteiger partial charge on any atom is 0.302 e. The molecule has 16 heavy (non-hydrogen) atoms. The van der Waals surface area contributed by atoms with Gasteiger partial charge >= 0.3 is 5.97 Å². The van der Waals surface area contributed by atoms with Crippen molar-refractivity contribution in [2.75, 3.05) is 0 Å². The van der Waals surface area contributed by atoms with Crippen LogP contribution in [0.2, 0.25) is 0 Å². The highest BCUT2D eigenvalue weighted by atomic mass is 16.5. The fourth-order valence-corrected chi connectivity index (χ4v) is 2.32. The molecule has 0 radical (unpaired) electrons. The van der Waals surface area contributed by atoms with Crippen molar-refractivity contribution in [1.29, 1.82) is 0 Å². The van der Waals surface area contributed by atoms with Crippen LogP contribution in [-0.4, -0.2) is 17.9 Å². The van der Waals surface area contributed by atoms with E-state index in [0.29, 0.717) is 18.6 Å². The van der Waals surface area contributed by atoms with Gasteiger partial charge in [0, 0.05) is 19.3 Å². The Hall–Kier alpha value is -0.860. The van der Waals surface area contributed by atoms with E-state index < -0.39 is 0 Å². The summed E-state index contributed by atoms with van der Waals surface area (Å²) in [6, 6.07) is 0. The SMILES string of the molecule is CC(=O)O[C@H](C)CCC(=O)C1CCCCC1. The summed E-state index contributed by atoms with van der Waals surface area (Å²) in [6.45, 7) is 3.25. The Morgan fingerprint density at radius 1 is 1.25 bits per heavy atom. The first-order valence-corrected chi connectivity index (χ1v) is 6.29. The van der Waals surface area contributed by atoms with Gasteiger partial charge in [-0.2, -0.15) is 0 Å². The van der Waals surface area contributed by atoms with Crippen LogP contribution in [-0.2, 0) is 14.3 Å². The normalized spacial score (nSPS) is 19.1. The molecule has 1 aliphatic rings. The molecule has 3 nitrogen and oxygen atoms in total. The fraction of sp³-hybridized carbons (Fsp3) is 0.846. The molecule has 0 aromatic carbocycles. The number of ketones is 1. The van der Waals surface area contributed by atoms with Gasteiger partial charge in [0.05, 0.1) is 6.10 Å². The van der Waals surface area contributed by atoms with E-state index in [0.717, 1.165) is 12.8 Å². The summed E-state index contributed by atoms with van der Waals surface area (Å²) in [5.41, 5.74) is 0. The molecule has 0 heterocycles. The number of carbonyl (C=O) groups excluding carboxylic acids is 2. The van der Waals surface area contributed by atoms with Gasteiger partial charge in [0.15, 0.2) is 0 Å². The number of hydrogen-bond acceptors (Lipinski definition) is 3. The molecule has 0 amide bonds. The zero-order valence-corrected chi connectivity index (χ0v) is 10.3. The second-order valence-electron chi connectivity index (χ2n) is 4.76. The Balaban J connectivity index is 2.20. The van der Waals surface area contributed by atoms with E-state index in [-0.39, 0.29) is 18.0 Å². The summed E-state index contributed by atoms with van der Waals surface area (Å²) in [6.07, 6.45) is 6.85. The Kier molecular flexibility index (Phi) is 5.50. The zero-order valence-electron chi connectivity index (χ0n) is 10.3. The van der Waals surface area contributed by atoms with Gasteiger partial charge in [-0.05, 0) is 26.2 Å². The van der Waals surface area contributed by atoms with E-state index >= 15 is 0 Å². The summed E-state index contributed by atoms with van der Waals surface area (Å²) in [7, 11) is 0. The van der Waals surface area contributed by atoms with E-state index in [1.807, 2.05) is 6.92 Å². The van der Waals surface area contributed by atoms with Crippen molar-refractivity contribution in [1.82, 2.24) is 0 Å². The molecule has 0 unspecified atom stereocenters. The first kappa shape index (κ1) is 13.2. The number of ether oxygens (including phenoxy) is 1. The van der Waals surface area contributed by atoms with E-state index in [4.69, 9.17) is 4.74 Å². The van der Waals surface area contributed by atoms with Crippen LogP contribution in [0, 0.1) is 5.92 Å². The average Bonchev–Trinajstić information content (AvgIpc) is 2.26. The van der Waals surface area contributed by atoms with Gasteiger partial charge in [-0.25, -0.2) is 0 Å². The topological polar surface area (TPSA) is 43.4 Å². The highest BCUT2D eigenvalue weighted by molar-refractivity contribution is 5.81. The lowest BCUT2D eigenvalue weighted by Gasteiger charge is -2.20. The van der Waals surface area contributed by atoms with Gasteiger partial charge in [0.2, 0.25) is 0 Å². The van der Waals surface area contributed by atoms with Crippen molar-refractivity contribution in [3.63, 3.8) is 0 Å². The second-order valence-corrected chi connectivity index (χ2v) is 4.76. The smallest absolute Gasteiger partial charge is 0.302 e. The summed E-state index contributed by atoms with van der Waals surface area (Å²) in [4.78, 5) is 22.5. The third-order valence-corrected chi connectivity index (χ3v) is 3.22. The van der Waals surface area contributed by atoms with Crippen LogP contribution < -0.4 is 0 Å². The molecule has 0 aromatic heterocycles. The van der Waals surface area contributed by atoms with Crippen LogP contribution in [0.5, 0.6) is 0 Å². The van der Waals surface area contributed by atoms with Crippen molar-refractivity contribution < 1.29 is 14.3 Å². The minimum atomic E-state index is -0.266. The minimum absolute atomic E-state index is 0.134. The standard InChI is InChI=1S/C13H22O3/c1-10(16-11(2)14)8-9-13(15)12-6-4-3-5-7-12/h10,12H,3-9H2,1-2H3/t10-/m1/s1. The van der Waals surface area contributed by atoms with Gasteiger partial charge in [-0.1, -0.05) is 19.3 Å². The molecule has 0 N–H and O–H groups in total. The number of esters is 1. The first-order chi connectivity index (χ1) is 7.59. The lowest BCUT2D eigenvalue weighted by Crippen LogP contribution is -2.20. The minimum Gasteiger partial charge on any atom is -0.463 e. The predicted octanol–water partition coefficient (Wildman–Crippen LogP) is 2.87. The molecule has 92 valence electrons. The van der Waals surface area contributed by atoms with Gasteiger partial charge in [-0.3, -0.25) is 9.59 Å². The van der Waals surface area contributed by atoms with Crippen molar-refractivity contribution >= 4 is 11.8 Å². The lowest BCUT2D eigenvalue weighted by atomic mass is 9.84. The summed E-state index contributed by atoms with van der Waals surface area (Å²) in [5, 5.41) is 0. The van der Waals surface area contributed by atoms with Gasteiger partial charge in [0.25, 0.3) is 0 Å². The van der Waals surface area contributed by atoms with Crippen LogP contribution in [0.3, 0.4) is 0 Å². The predicted molar refractivity (Wildman–Crippen MR) is 62.0 cm³/mol. The number of carbonyl (C=O) groups is 2. The molecule has 3 heteroatoms. The first-order valence-electron chi connectivity index (χ1n) is 6.29. The van der Waals surface area contributed by atoms with E-state index in [1.54, 1.807) is 0 Å². The number of Topliss-reactive ketones (excluding diaryl/α,β-unsaturated/α-hetero) is 1. The largest absolute Gasteiger partial charge is 0.463 e. The Labute approximate surface area is 97.5 Å². The van der Waals surface area contributed by atoms with Crippen LogP contribution in [0.1, 0.15) is 58.8 Å². The van der Waals surface area contributed by atoms with Crippen LogP contribution >= 0.6 is 0 Å². The van der Waals surface area contributed by atoms with Crippen molar-refractivity contribution in [2.24, 2.45) is 5.92 Å². The lowest BCUT2D eigenvalue weighted by molar-refractivity contribution is -0.146. The zero-order chi connectivity index (χ0) is 12.0. The fourth-order valence-electron chi connectivity index (χ4n) is 2.32. The van der Waals surface area contributed by atoms with Crippen LogP contribution in [0.4, 0.5) is 0 Å². The van der Waals surface area contributed by atoms with Crippen molar-refractivity contribution in [3.8, 4) is 0 Å². The van der Waals surface area contributed by atoms with Crippen molar-refractivity contribution in [2.45, 2.75) is 64.9 Å². The highest BCUT2D eigenvalue weighted by Crippen LogP contribution is 2.25. The van der Waals surface area contributed by atoms with Gasteiger partial charge in [0.1, 0.15) is 5.78 Å². The third kappa shape index (κ3) is 4.77. The molecule has 0 aliphatic heterocycles. The van der Waals surface area contributed by atoms with E-state index in [9.17, 15) is 9.59 Å². The second kappa shape index (κ2) is 6.66. The Bertz CT molecular complexity index is 242. The van der Waals surface area contributed by atoms with Crippen LogP contribution in [0.25, 0.3) is 0 Å². The number of rotatable bonds is 5. The molecular formula is C13H22O3. The molecule has 0 spiro atoms. The maximum absolute atomic E-state index is 11.8. The monoisotopic (exact) mass is 226 g/mol. The van der Waals surface area contributed by atoms with E-state index in [1.165, 1.54) is 26.2 Å². The molecule has 0 saturated heterocycles. The number of hydrogen-bond donors (Lipinski definition) is 0. The molecule has 1 aliphatic carbocycles. The van der Waals surface area contributed by atoms with Gasteiger partial charge in [-0.15, -0.1) is 0 Å². The third-order valence-electron chi connectivity index (χ3n) is 3.22.